The second-order valence-corrected chi connectivity index (χ2v) is 6.19. The standard InChI is InChI=1S/C21H24N2O4/c1-16(24)23(19-11-9-18(10-12-19)21(26)27-3)14-13-20(25)22(2)15-17-7-5-4-6-8-17/h4-12H,13-15H2,1-3H3. The van der Waals surface area contributed by atoms with Gasteiger partial charge in [-0.05, 0) is 29.8 Å². The van der Waals surface area contributed by atoms with Crippen molar-refractivity contribution >= 4 is 23.5 Å². The van der Waals surface area contributed by atoms with Crippen LogP contribution in [0.15, 0.2) is 54.6 Å². The summed E-state index contributed by atoms with van der Waals surface area (Å²) in [6, 6.07) is 16.3. The minimum absolute atomic E-state index is 0.0451. The Kier molecular flexibility index (Phi) is 7.11. The molecule has 0 aromatic heterocycles. The number of anilines is 1. The summed E-state index contributed by atoms with van der Waals surface area (Å²) in [5.74, 6) is -0.649. The molecular formula is C21H24N2O4. The van der Waals surface area contributed by atoms with E-state index >= 15 is 0 Å². The molecule has 6 heteroatoms. The molecule has 2 rings (SSSR count). The summed E-state index contributed by atoms with van der Waals surface area (Å²) in [5, 5.41) is 0. The molecule has 0 saturated carbocycles. The van der Waals surface area contributed by atoms with Gasteiger partial charge in [-0.15, -0.1) is 0 Å². The Morgan fingerprint density at radius 2 is 1.59 bits per heavy atom. The molecule has 2 amide bonds. The Hall–Kier alpha value is -3.15. The Morgan fingerprint density at radius 3 is 2.15 bits per heavy atom. The first-order valence-corrected chi connectivity index (χ1v) is 8.66. The molecule has 0 heterocycles. The number of amides is 2. The number of benzene rings is 2. The van der Waals surface area contributed by atoms with Crippen LogP contribution in [0.5, 0.6) is 0 Å². The van der Waals surface area contributed by atoms with Crippen molar-refractivity contribution in [2.24, 2.45) is 0 Å². The number of methoxy groups -OCH3 is 1. The fourth-order valence-corrected chi connectivity index (χ4v) is 2.71. The van der Waals surface area contributed by atoms with Crippen LogP contribution in [-0.2, 0) is 20.9 Å². The van der Waals surface area contributed by atoms with Gasteiger partial charge >= 0.3 is 5.97 Å². The van der Waals surface area contributed by atoms with Crippen molar-refractivity contribution in [2.45, 2.75) is 19.9 Å². The fourth-order valence-electron chi connectivity index (χ4n) is 2.71. The molecule has 2 aromatic carbocycles. The highest BCUT2D eigenvalue weighted by Gasteiger charge is 2.16. The monoisotopic (exact) mass is 368 g/mol. The Morgan fingerprint density at radius 1 is 0.963 bits per heavy atom. The average Bonchev–Trinajstić information content (AvgIpc) is 2.68. The summed E-state index contributed by atoms with van der Waals surface area (Å²) in [6.07, 6.45) is 0.210. The lowest BCUT2D eigenvalue weighted by molar-refractivity contribution is -0.130. The van der Waals surface area contributed by atoms with E-state index in [1.54, 1.807) is 36.2 Å². The number of esters is 1. The Balaban J connectivity index is 1.98. The normalized spacial score (nSPS) is 10.2. The molecule has 0 radical (unpaired) electrons. The van der Waals surface area contributed by atoms with Crippen LogP contribution in [0.25, 0.3) is 0 Å². The summed E-state index contributed by atoms with van der Waals surface area (Å²) in [7, 11) is 3.06. The Bertz CT molecular complexity index is 788. The molecule has 142 valence electrons. The van der Waals surface area contributed by atoms with E-state index in [2.05, 4.69) is 4.74 Å². The predicted molar refractivity (Wildman–Crippen MR) is 103 cm³/mol. The van der Waals surface area contributed by atoms with Gasteiger partial charge < -0.3 is 14.5 Å². The topological polar surface area (TPSA) is 66.9 Å². The average molecular weight is 368 g/mol. The van der Waals surface area contributed by atoms with Crippen LogP contribution in [0.1, 0.15) is 29.3 Å². The number of ether oxygens (including phenoxy) is 1. The fraction of sp³-hybridized carbons (Fsp3) is 0.286. The minimum atomic E-state index is -0.436. The highest BCUT2D eigenvalue weighted by atomic mass is 16.5. The lowest BCUT2D eigenvalue weighted by Gasteiger charge is -2.23. The molecule has 0 atom stereocenters. The van der Waals surface area contributed by atoms with Crippen LogP contribution in [-0.4, -0.2) is 43.4 Å². The number of nitrogens with zero attached hydrogens (tertiary/aromatic N) is 2. The van der Waals surface area contributed by atoms with E-state index in [0.717, 1.165) is 5.56 Å². The zero-order chi connectivity index (χ0) is 19.8. The van der Waals surface area contributed by atoms with Crippen molar-refractivity contribution < 1.29 is 19.1 Å². The van der Waals surface area contributed by atoms with E-state index in [0.29, 0.717) is 17.8 Å². The summed E-state index contributed by atoms with van der Waals surface area (Å²) >= 11 is 0. The first kappa shape index (κ1) is 20.2. The highest BCUT2D eigenvalue weighted by Crippen LogP contribution is 2.17. The molecule has 0 aliphatic carbocycles. The van der Waals surface area contributed by atoms with Gasteiger partial charge in [-0.2, -0.15) is 0 Å². The van der Waals surface area contributed by atoms with Crippen molar-refractivity contribution in [1.29, 1.82) is 0 Å². The van der Waals surface area contributed by atoms with Gasteiger partial charge in [-0.3, -0.25) is 9.59 Å². The van der Waals surface area contributed by atoms with E-state index in [9.17, 15) is 14.4 Å². The number of rotatable bonds is 7. The van der Waals surface area contributed by atoms with Gasteiger partial charge in [0.15, 0.2) is 0 Å². The van der Waals surface area contributed by atoms with E-state index in [1.165, 1.54) is 18.9 Å². The highest BCUT2D eigenvalue weighted by molar-refractivity contribution is 5.94. The second-order valence-electron chi connectivity index (χ2n) is 6.19. The van der Waals surface area contributed by atoms with Crippen molar-refractivity contribution in [2.75, 3.05) is 25.6 Å². The van der Waals surface area contributed by atoms with Gasteiger partial charge in [0.25, 0.3) is 0 Å². The lowest BCUT2D eigenvalue weighted by atomic mass is 10.2. The number of hydrogen-bond donors (Lipinski definition) is 0. The second kappa shape index (κ2) is 9.52. The number of hydrogen-bond acceptors (Lipinski definition) is 4. The van der Waals surface area contributed by atoms with E-state index in [-0.39, 0.29) is 24.8 Å². The lowest BCUT2D eigenvalue weighted by Crippen LogP contribution is -2.34. The molecule has 0 aliphatic heterocycles. The van der Waals surface area contributed by atoms with Gasteiger partial charge in [0, 0.05) is 39.2 Å². The number of carbonyl (C=O) groups excluding carboxylic acids is 3. The number of carbonyl (C=O) groups is 3. The molecule has 0 saturated heterocycles. The Labute approximate surface area is 159 Å². The molecule has 0 aliphatic rings. The van der Waals surface area contributed by atoms with Crippen molar-refractivity contribution in [3.63, 3.8) is 0 Å². The third kappa shape index (κ3) is 5.67. The first-order chi connectivity index (χ1) is 12.9. The SMILES string of the molecule is COC(=O)c1ccc(N(CCC(=O)N(C)Cc2ccccc2)C(C)=O)cc1. The molecule has 2 aromatic rings. The van der Waals surface area contributed by atoms with Crippen molar-refractivity contribution in [3.05, 3.63) is 65.7 Å². The van der Waals surface area contributed by atoms with Crippen molar-refractivity contribution in [1.82, 2.24) is 4.90 Å². The molecule has 6 nitrogen and oxygen atoms in total. The molecular weight excluding hydrogens is 344 g/mol. The maximum absolute atomic E-state index is 12.4. The van der Waals surface area contributed by atoms with Crippen LogP contribution >= 0.6 is 0 Å². The van der Waals surface area contributed by atoms with E-state index < -0.39 is 5.97 Å². The molecule has 0 unspecified atom stereocenters. The van der Waals surface area contributed by atoms with Crippen LogP contribution < -0.4 is 4.90 Å². The molecule has 0 fully saturated rings. The van der Waals surface area contributed by atoms with Gasteiger partial charge in [0.05, 0.1) is 12.7 Å². The van der Waals surface area contributed by atoms with E-state index in [4.69, 9.17) is 0 Å². The van der Waals surface area contributed by atoms with Crippen LogP contribution in [0.3, 0.4) is 0 Å². The largest absolute Gasteiger partial charge is 0.465 e. The molecule has 0 N–H and O–H groups in total. The van der Waals surface area contributed by atoms with Gasteiger partial charge in [-0.1, -0.05) is 30.3 Å². The van der Waals surface area contributed by atoms with Gasteiger partial charge in [0.1, 0.15) is 0 Å². The van der Waals surface area contributed by atoms with Gasteiger partial charge in [-0.25, -0.2) is 4.79 Å². The molecule has 27 heavy (non-hydrogen) atoms. The maximum Gasteiger partial charge on any atom is 0.337 e. The third-order valence-electron chi connectivity index (χ3n) is 4.22. The summed E-state index contributed by atoms with van der Waals surface area (Å²) in [6.45, 7) is 2.24. The third-order valence-corrected chi connectivity index (χ3v) is 4.22. The maximum atomic E-state index is 12.4. The summed E-state index contributed by atoms with van der Waals surface area (Å²) < 4.78 is 4.67. The van der Waals surface area contributed by atoms with Crippen LogP contribution in [0, 0.1) is 0 Å². The zero-order valence-electron chi connectivity index (χ0n) is 15.8. The van der Waals surface area contributed by atoms with Crippen LogP contribution in [0.4, 0.5) is 5.69 Å². The molecule has 0 bridgehead atoms. The molecule has 0 spiro atoms. The smallest absolute Gasteiger partial charge is 0.337 e. The van der Waals surface area contributed by atoms with Crippen LogP contribution in [0.2, 0.25) is 0 Å². The predicted octanol–water partition coefficient (Wildman–Crippen LogP) is 2.87. The zero-order valence-corrected chi connectivity index (χ0v) is 15.8. The first-order valence-electron chi connectivity index (χ1n) is 8.66. The van der Waals surface area contributed by atoms with E-state index in [1.807, 2.05) is 30.3 Å². The quantitative estimate of drug-likeness (QED) is 0.705. The summed E-state index contributed by atoms with van der Waals surface area (Å²) in [4.78, 5) is 39.1. The summed E-state index contributed by atoms with van der Waals surface area (Å²) in [5.41, 5.74) is 2.09. The minimum Gasteiger partial charge on any atom is -0.465 e. The van der Waals surface area contributed by atoms with Crippen molar-refractivity contribution in [3.8, 4) is 0 Å². The van der Waals surface area contributed by atoms with Gasteiger partial charge in [0.2, 0.25) is 11.8 Å².